The second-order valence-electron chi connectivity index (χ2n) is 4.84. The van der Waals surface area contributed by atoms with E-state index in [-0.39, 0.29) is 17.5 Å². The number of imidazole rings is 1. The van der Waals surface area contributed by atoms with Crippen LogP contribution >= 0.6 is 28.1 Å². The molecule has 4 nitrogen and oxygen atoms in total. The Hall–Kier alpha value is -0.660. The number of halogens is 1. The number of hydrogen-bond acceptors (Lipinski definition) is 3. The van der Waals surface area contributed by atoms with E-state index < -0.39 is 9.84 Å². The maximum absolute atomic E-state index is 11.5. The highest BCUT2D eigenvalue weighted by atomic mass is 79.9. The topological polar surface area (TPSA) is 54.9 Å². The Morgan fingerprint density at radius 1 is 1.32 bits per heavy atom. The molecule has 0 radical (unpaired) electrons. The molecule has 0 atom stereocenters. The number of hydrogen-bond donors (Lipinski definition) is 1. The molecule has 3 rings (SSSR count). The summed E-state index contributed by atoms with van der Waals surface area (Å²) in [5.74, 6) is 0.505. The minimum atomic E-state index is -2.84. The van der Waals surface area contributed by atoms with Gasteiger partial charge in [0.25, 0.3) is 0 Å². The first-order valence-corrected chi connectivity index (χ1v) is 9.09. The summed E-state index contributed by atoms with van der Waals surface area (Å²) in [4.78, 5) is 3.18. The second kappa shape index (κ2) is 4.71. The Balaban J connectivity index is 2.06. The Morgan fingerprint density at radius 3 is 2.68 bits per heavy atom. The van der Waals surface area contributed by atoms with E-state index in [1.807, 2.05) is 18.2 Å². The largest absolute Gasteiger partial charge is 0.331 e. The highest BCUT2D eigenvalue weighted by Gasteiger charge is 2.26. The lowest BCUT2D eigenvalue weighted by Crippen LogP contribution is -2.25. The standard InChI is InChI=1S/C12H13BrN2O2S2/c13-8-1-2-11-10(7-8)14-12(18)15(11)9-3-5-19(16,17)6-4-9/h1-2,7,9H,3-6H2,(H,14,18). The molecule has 1 aromatic carbocycles. The molecule has 1 aliphatic heterocycles. The van der Waals surface area contributed by atoms with Gasteiger partial charge in [0.1, 0.15) is 9.84 Å². The van der Waals surface area contributed by atoms with Gasteiger partial charge in [-0.3, -0.25) is 0 Å². The SMILES string of the molecule is O=S1(=O)CCC(n2c(=S)[nH]c3cc(Br)ccc32)CC1. The van der Waals surface area contributed by atoms with Gasteiger partial charge in [-0.05, 0) is 43.3 Å². The Morgan fingerprint density at radius 2 is 2.00 bits per heavy atom. The maximum Gasteiger partial charge on any atom is 0.178 e. The average molecular weight is 361 g/mol. The first-order chi connectivity index (χ1) is 8.96. The summed E-state index contributed by atoms with van der Waals surface area (Å²) in [5.41, 5.74) is 2.02. The first kappa shape index (κ1) is 13.3. The molecule has 0 saturated carbocycles. The predicted octanol–water partition coefficient (Wildman–Crippen LogP) is 3.21. The van der Waals surface area contributed by atoms with E-state index in [1.54, 1.807) is 0 Å². The monoisotopic (exact) mass is 360 g/mol. The summed E-state index contributed by atoms with van der Waals surface area (Å²) in [6, 6.07) is 6.14. The Labute approximate surface area is 124 Å². The predicted molar refractivity (Wildman–Crippen MR) is 81.7 cm³/mol. The van der Waals surface area contributed by atoms with E-state index in [4.69, 9.17) is 12.2 Å². The van der Waals surface area contributed by atoms with Crippen LogP contribution in [0.4, 0.5) is 0 Å². The molecular formula is C12H13BrN2O2S2. The zero-order chi connectivity index (χ0) is 13.6. The van der Waals surface area contributed by atoms with Crippen LogP contribution in [0.2, 0.25) is 0 Å². The fraction of sp³-hybridized carbons (Fsp3) is 0.417. The van der Waals surface area contributed by atoms with E-state index in [0.717, 1.165) is 15.5 Å². The molecular weight excluding hydrogens is 348 g/mol. The van der Waals surface area contributed by atoms with E-state index >= 15 is 0 Å². The summed E-state index contributed by atoms with van der Waals surface area (Å²) >= 11 is 8.81. The summed E-state index contributed by atoms with van der Waals surface area (Å²) in [7, 11) is -2.84. The number of fused-ring (bicyclic) bond motifs is 1. The fourth-order valence-electron chi connectivity index (χ4n) is 2.60. The van der Waals surface area contributed by atoms with Crippen molar-refractivity contribution in [2.45, 2.75) is 18.9 Å². The molecule has 7 heteroatoms. The first-order valence-electron chi connectivity index (χ1n) is 6.06. The van der Waals surface area contributed by atoms with Crippen molar-refractivity contribution in [1.29, 1.82) is 0 Å². The van der Waals surface area contributed by atoms with Gasteiger partial charge in [-0.2, -0.15) is 0 Å². The number of H-pyrrole nitrogens is 1. The van der Waals surface area contributed by atoms with Crippen LogP contribution in [0.25, 0.3) is 11.0 Å². The third kappa shape index (κ3) is 2.51. The van der Waals surface area contributed by atoms with Gasteiger partial charge in [0.15, 0.2) is 4.77 Å². The highest BCUT2D eigenvalue weighted by molar-refractivity contribution is 9.10. The van der Waals surface area contributed by atoms with Gasteiger partial charge >= 0.3 is 0 Å². The van der Waals surface area contributed by atoms with Crippen LogP contribution in [0.15, 0.2) is 22.7 Å². The second-order valence-corrected chi connectivity index (χ2v) is 8.45. The van der Waals surface area contributed by atoms with Crippen molar-refractivity contribution in [2.75, 3.05) is 11.5 Å². The van der Waals surface area contributed by atoms with Crippen molar-refractivity contribution in [3.05, 3.63) is 27.4 Å². The number of nitrogens with zero attached hydrogens (tertiary/aromatic N) is 1. The van der Waals surface area contributed by atoms with Crippen LogP contribution in [0.1, 0.15) is 18.9 Å². The molecule has 102 valence electrons. The number of aromatic amines is 1. The fourth-order valence-corrected chi connectivity index (χ4v) is 4.79. The number of aromatic nitrogens is 2. The summed E-state index contributed by atoms with van der Waals surface area (Å²) < 4.78 is 26.7. The molecule has 1 N–H and O–H groups in total. The van der Waals surface area contributed by atoms with Crippen molar-refractivity contribution in [2.24, 2.45) is 0 Å². The Bertz CT molecular complexity index is 778. The van der Waals surface area contributed by atoms with E-state index in [2.05, 4.69) is 25.5 Å². The molecule has 1 saturated heterocycles. The van der Waals surface area contributed by atoms with Crippen LogP contribution in [0, 0.1) is 4.77 Å². The van der Waals surface area contributed by atoms with Crippen molar-refractivity contribution in [3.63, 3.8) is 0 Å². The van der Waals surface area contributed by atoms with Gasteiger partial charge in [0.2, 0.25) is 0 Å². The smallest absolute Gasteiger partial charge is 0.178 e. The maximum atomic E-state index is 11.5. The average Bonchev–Trinajstić information content (AvgIpc) is 2.65. The van der Waals surface area contributed by atoms with E-state index in [0.29, 0.717) is 17.6 Å². The van der Waals surface area contributed by atoms with Crippen LogP contribution in [0.5, 0.6) is 0 Å². The van der Waals surface area contributed by atoms with Crippen LogP contribution in [0.3, 0.4) is 0 Å². The number of sulfone groups is 1. The minimum absolute atomic E-state index is 0.172. The Kier molecular flexibility index (Phi) is 3.31. The molecule has 0 amide bonds. The summed E-state index contributed by atoms with van der Waals surface area (Å²) in [5, 5.41) is 0. The zero-order valence-corrected chi connectivity index (χ0v) is 13.3. The molecule has 1 fully saturated rings. The number of rotatable bonds is 1. The van der Waals surface area contributed by atoms with Gasteiger partial charge in [-0.15, -0.1) is 0 Å². The van der Waals surface area contributed by atoms with Crippen LogP contribution < -0.4 is 0 Å². The molecule has 0 aliphatic carbocycles. The van der Waals surface area contributed by atoms with Crippen molar-refractivity contribution in [1.82, 2.24) is 9.55 Å². The molecule has 1 aromatic heterocycles. The van der Waals surface area contributed by atoms with Crippen molar-refractivity contribution < 1.29 is 8.42 Å². The molecule has 19 heavy (non-hydrogen) atoms. The highest BCUT2D eigenvalue weighted by Crippen LogP contribution is 2.29. The van der Waals surface area contributed by atoms with Gasteiger partial charge in [-0.1, -0.05) is 15.9 Å². The zero-order valence-electron chi connectivity index (χ0n) is 10.1. The lowest BCUT2D eigenvalue weighted by Gasteiger charge is -2.23. The van der Waals surface area contributed by atoms with E-state index in [1.165, 1.54) is 0 Å². The van der Waals surface area contributed by atoms with Gasteiger partial charge in [0.05, 0.1) is 22.5 Å². The minimum Gasteiger partial charge on any atom is -0.331 e. The van der Waals surface area contributed by atoms with Crippen molar-refractivity contribution >= 4 is 49.0 Å². The van der Waals surface area contributed by atoms with E-state index in [9.17, 15) is 8.42 Å². The summed E-state index contributed by atoms with van der Waals surface area (Å²) in [6.45, 7) is 0. The van der Waals surface area contributed by atoms with Gasteiger partial charge in [-0.25, -0.2) is 8.42 Å². The lowest BCUT2D eigenvalue weighted by molar-refractivity contribution is 0.455. The molecule has 0 spiro atoms. The molecule has 2 aromatic rings. The lowest BCUT2D eigenvalue weighted by atomic mass is 10.1. The van der Waals surface area contributed by atoms with Gasteiger partial charge in [0, 0.05) is 10.5 Å². The number of nitrogens with one attached hydrogen (secondary N) is 1. The van der Waals surface area contributed by atoms with Crippen LogP contribution in [-0.4, -0.2) is 29.5 Å². The van der Waals surface area contributed by atoms with Gasteiger partial charge < -0.3 is 9.55 Å². The third-order valence-electron chi connectivity index (χ3n) is 3.57. The van der Waals surface area contributed by atoms with Crippen LogP contribution in [-0.2, 0) is 9.84 Å². The quantitative estimate of drug-likeness (QED) is 0.794. The normalized spacial score (nSPS) is 19.8. The molecule has 2 heterocycles. The summed E-state index contributed by atoms with van der Waals surface area (Å²) in [6.07, 6.45) is 1.28. The molecule has 1 aliphatic rings. The molecule has 0 bridgehead atoms. The number of benzene rings is 1. The molecule has 0 unspecified atom stereocenters. The third-order valence-corrected chi connectivity index (χ3v) is 6.08. The van der Waals surface area contributed by atoms with Crippen molar-refractivity contribution in [3.8, 4) is 0 Å².